The van der Waals surface area contributed by atoms with Crippen LogP contribution in [0.5, 0.6) is 0 Å². The minimum atomic E-state index is 0.696. The van der Waals surface area contributed by atoms with Crippen LogP contribution in [0.4, 0.5) is 11.4 Å². The van der Waals surface area contributed by atoms with Gasteiger partial charge in [0.1, 0.15) is 0 Å². The monoisotopic (exact) mass is 281 g/mol. The molecule has 1 heterocycles. The normalized spacial score (nSPS) is 11.4. The van der Waals surface area contributed by atoms with Crippen LogP contribution in [0.3, 0.4) is 0 Å². The summed E-state index contributed by atoms with van der Waals surface area (Å²) in [5.41, 5.74) is 15.5. The summed E-state index contributed by atoms with van der Waals surface area (Å²) in [6.45, 7) is 0. The summed E-state index contributed by atoms with van der Waals surface area (Å²) in [5, 5.41) is 1.22. The molecule has 0 radical (unpaired) electrons. The van der Waals surface area contributed by atoms with E-state index in [2.05, 4.69) is 23.2 Å². The van der Waals surface area contributed by atoms with E-state index in [4.69, 9.17) is 11.5 Å². The zero-order valence-electron chi connectivity index (χ0n) is 11.1. The lowest BCUT2D eigenvalue weighted by Crippen LogP contribution is -1.98. The Kier molecular flexibility index (Phi) is 3.16. The van der Waals surface area contributed by atoms with E-state index in [1.165, 1.54) is 10.1 Å². The second kappa shape index (κ2) is 4.98. The number of benzene rings is 2. The zero-order valence-corrected chi connectivity index (χ0v) is 11.9. The molecule has 0 unspecified atom stereocenters. The number of nitrogens with zero attached hydrogens (tertiary/aromatic N) is 1. The average molecular weight is 281 g/mol. The van der Waals surface area contributed by atoms with Crippen molar-refractivity contribution in [2.75, 3.05) is 18.5 Å². The van der Waals surface area contributed by atoms with Crippen molar-refractivity contribution in [3.8, 4) is 10.4 Å². The van der Waals surface area contributed by atoms with Gasteiger partial charge in [-0.2, -0.15) is 0 Å². The van der Waals surface area contributed by atoms with Gasteiger partial charge in [0.25, 0.3) is 0 Å². The third-order valence-corrected chi connectivity index (χ3v) is 4.34. The summed E-state index contributed by atoms with van der Waals surface area (Å²) < 4.78 is 1.25. The summed E-state index contributed by atoms with van der Waals surface area (Å²) >= 11 is 1.72. The first kappa shape index (κ1) is 12.7. The minimum Gasteiger partial charge on any atom is -0.399 e. The quantitative estimate of drug-likeness (QED) is 0.554. The molecule has 100 valence electrons. The number of fused-ring (bicyclic) bond motifs is 1. The third-order valence-electron chi connectivity index (χ3n) is 3.19. The molecule has 1 aromatic heterocycles. The van der Waals surface area contributed by atoms with Crippen LogP contribution < -0.4 is 11.5 Å². The summed E-state index contributed by atoms with van der Waals surface area (Å²) in [5.74, 6) is 0. The Balaban J connectivity index is 2.22. The van der Waals surface area contributed by atoms with Crippen molar-refractivity contribution >= 4 is 39.0 Å². The Morgan fingerprint density at radius 3 is 2.65 bits per heavy atom. The Bertz CT molecular complexity index is 770. The summed E-state index contributed by atoms with van der Waals surface area (Å²) in [6.07, 6.45) is 1.74. The van der Waals surface area contributed by atoms with E-state index < -0.39 is 0 Å². The van der Waals surface area contributed by atoms with E-state index >= 15 is 0 Å². The van der Waals surface area contributed by atoms with Crippen molar-refractivity contribution in [3.63, 3.8) is 0 Å². The number of nitrogen functional groups attached to an aromatic ring is 2. The molecule has 4 N–H and O–H groups in total. The molecule has 0 spiro atoms. The van der Waals surface area contributed by atoms with Crippen molar-refractivity contribution in [1.82, 2.24) is 0 Å². The van der Waals surface area contributed by atoms with Gasteiger partial charge in [-0.05, 0) is 29.7 Å². The maximum Gasteiger partial charge on any atom is 0.0492 e. The highest BCUT2D eigenvalue weighted by molar-refractivity contribution is 7.22. The van der Waals surface area contributed by atoms with Gasteiger partial charge in [-0.15, -0.1) is 11.3 Å². The lowest BCUT2D eigenvalue weighted by molar-refractivity contribution is 1.46. The molecule has 3 nitrogen and oxygen atoms in total. The molecule has 0 aliphatic rings. The summed E-state index contributed by atoms with van der Waals surface area (Å²) in [7, 11) is 1.72. The van der Waals surface area contributed by atoms with Crippen LogP contribution in [0.2, 0.25) is 0 Å². The van der Waals surface area contributed by atoms with E-state index in [9.17, 15) is 0 Å². The summed E-state index contributed by atoms with van der Waals surface area (Å²) in [6, 6.07) is 14.2. The van der Waals surface area contributed by atoms with E-state index in [0.717, 1.165) is 21.7 Å². The molecular formula is C16H15N3S. The molecular weight excluding hydrogens is 266 g/mol. The topological polar surface area (TPSA) is 64.4 Å². The largest absolute Gasteiger partial charge is 0.399 e. The first-order chi connectivity index (χ1) is 9.69. The molecule has 0 aliphatic carbocycles. The van der Waals surface area contributed by atoms with E-state index in [1.807, 2.05) is 24.3 Å². The number of hydrogen-bond donors (Lipinski definition) is 2. The molecule has 3 aromatic rings. The smallest absolute Gasteiger partial charge is 0.0492 e. The zero-order chi connectivity index (χ0) is 14.1. The van der Waals surface area contributed by atoms with Gasteiger partial charge in [-0.3, -0.25) is 4.99 Å². The van der Waals surface area contributed by atoms with Crippen molar-refractivity contribution < 1.29 is 0 Å². The number of aliphatic imine (C=N–C) groups is 1. The lowest BCUT2D eigenvalue weighted by Gasteiger charge is -2.08. The summed E-state index contributed by atoms with van der Waals surface area (Å²) in [4.78, 5) is 5.15. The van der Waals surface area contributed by atoms with Gasteiger partial charge in [0.15, 0.2) is 0 Å². The van der Waals surface area contributed by atoms with Crippen LogP contribution in [-0.4, -0.2) is 13.3 Å². The average Bonchev–Trinajstić information content (AvgIpc) is 2.86. The highest BCUT2D eigenvalue weighted by atomic mass is 32.1. The third kappa shape index (κ3) is 2.14. The van der Waals surface area contributed by atoms with E-state index in [1.54, 1.807) is 24.6 Å². The van der Waals surface area contributed by atoms with Gasteiger partial charge in [-0.1, -0.05) is 18.2 Å². The second-order valence-corrected chi connectivity index (χ2v) is 5.69. The number of hydrogen-bond acceptors (Lipinski definition) is 4. The van der Waals surface area contributed by atoms with Crippen LogP contribution in [0, 0.1) is 0 Å². The molecule has 0 atom stereocenters. The van der Waals surface area contributed by atoms with Crippen molar-refractivity contribution in [2.45, 2.75) is 0 Å². The Morgan fingerprint density at radius 1 is 1.10 bits per heavy atom. The first-order valence-corrected chi connectivity index (χ1v) is 7.11. The molecule has 0 saturated carbocycles. The highest BCUT2D eigenvalue weighted by Gasteiger charge is 2.11. The predicted molar refractivity (Wildman–Crippen MR) is 89.6 cm³/mol. The number of rotatable bonds is 2. The Labute approximate surface area is 121 Å². The van der Waals surface area contributed by atoms with Crippen LogP contribution in [0.1, 0.15) is 5.56 Å². The van der Waals surface area contributed by atoms with Gasteiger partial charge < -0.3 is 11.5 Å². The molecule has 0 aliphatic heterocycles. The lowest BCUT2D eigenvalue weighted by atomic mass is 10.0. The fourth-order valence-electron chi connectivity index (χ4n) is 2.26. The van der Waals surface area contributed by atoms with Crippen molar-refractivity contribution in [3.05, 3.63) is 48.0 Å². The van der Waals surface area contributed by atoms with Crippen LogP contribution >= 0.6 is 11.3 Å². The van der Waals surface area contributed by atoms with Gasteiger partial charge in [0.05, 0.1) is 0 Å². The van der Waals surface area contributed by atoms with Crippen LogP contribution in [-0.2, 0) is 0 Å². The Hall–Kier alpha value is -2.33. The number of thiophene rings is 1. The molecule has 2 aromatic carbocycles. The molecule has 0 saturated heterocycles. The van der Waals surface area contributed by atoms with Crippen LogP contribution in [0.25, 0.3) is 20.5 Å². The van der Waals surface area contributed by atoms with Gasteiger partial charge in [0.2, 0.25) is 0 Å². The van der Waals surface area contributed by atoms with Gasteiger partial charge in [-0.25, -0.2) is 0 Å². The van der Waals surface area contributed by atoms with Crippen molar-refractivity contribution in [2.24, 2.45) is 4.99 Å². The first-order valence-electron chi connectivity index (χ1n) is 6.29. The maximum absolute atomic E-state index is 6.25. The van der Waals surface area contributed by atoms with E-state index in [0.29, 0.717) is 5.69 Å². The maximum atomic E-state index is 6.25. The molecule has 0 amide bonds. The standard InChI is InChI=1S/C16H15N3S/c1-19-9-11-6-12(17)8-13(16(11)18)15-7-10-4-2-3-5-14(10)20-15/h2-9H,17-18H2,1H3/b19-9-. The van der Waals surface area contributed by atoms with E-state index in [-0.39, 0.29) is 0 Å². The predicted octanol–water partition coefficient (Wildman–Crippen LogP) is 3.78. The Morgan fingerprint density at radius 2 is 1.90 bits per heavy atom. The van der Waals surface area contributed by atoms with Crippen molar-refractivity contribution in [1.29, 1.82) is 0 Å². The minimum absolute atomic E-state index is 0.696. The highest BCUT2D eigenvalue weighted by Crippen LogP contribution is 2.38. The molecule has 0 bridgehead atoms. The fraction of sp³-hybridized carbons (Fsp3) is 0.0625. The molecule has 3 rings (SSSR count). The van der Waals surface area contributed by atoms with Gasteiger partial charge in [0, 0.05) is 45.3 Å². The SMILES string of the molecule is C/N=C\c1cc(N)cc(-c2cc3ccccc3s2)c1N. The molecule has 0 fully saturated rings. The molecule has 20 heavy (non-hydrogen) atoms. The second-order valence-electron chi connectivity index (χ2n) is 4.61. The van der Waals surface area contributed by atoms with Crippen LogP contribution in [0.15, 0.2) is 47.5 Å². The number of anilines is 2. The number of nitrogens with two attached hydrogens (primary N) is 2. The molecule has 4 heteroatoms. The van der Waals surface area contributed by atoms with Gasteiger partial charge >= 0.3 is 0 Å². The fourth-order valence-corrected chi connectivity index (χ4v) is 3.36.